The number of amides is 2. The largest absolute Gasteiger partial charge is 0.465 e. The van der Waals surface area contributed by atoms with Gasteiger partial charge in [-0.25, -0.2) is 0 Å². The highest BCUT2D eigenvalue weighted by Crippen LogP contribution is 2.60. The van der Waals surface area contributed by atoms with E-state index in [1.165, 1.54) is 0 Å². The smallest absolute Gasteiger partial charge is 0.311 e. The van der Waals surface area contributed by atoms with Gasteiger partial charge in [0.1, 0.15) is 6.04 Å². The first-order valence-corrected chi connectivity index (χ1v) is 12.2. The molecule has 0 aromatic rings. The van der Waals surface area contributed by atoms with Crippen LogP contribution in [0.15, 0.2) is 24.3 Å². The summed E-state index contributed by atoms with van der Waals surface area (Å²) in [6, 6.07) is -0.681. The average molecular weight is 449 g/mol. The fourth-order valence-corrected chi connectivity index (χ4v) is 7.38. The molecule has 8 heteroatoms. The highest BCUT2D eigenvalue weighted by Gasteiger charge is 2.70. The number of hydrogen-bond donors (Lipinski definition) is 1. The zero-order chi connectivity index (χ0) is 22.2. The first-order valence-electron chi connectivity index (χ1n) is 11.3. The van der Waals surface area contributed by atoms with Crippen LogP contribution in [0.2, 0.25) is 0 Å². The molecule has 0 saturated carbocycles. The third-order valence-corrected chi connectivity index (χ3v) is 8.56. The summed E-state index contributed by atoms with van der Waals surface area (Å²) >= 11 is 1.56. The third-order valence-electron chi connectivity index (χ3n) is 6.81. The average Bonchev–Trinajstić information content (AvgIpc) is 3.11. The summed E-state index contributed by atoms with van der Waals surface area (Å²) in [5.41, 5.74) is 0. The molecule has 4 aliphatic heterocycles. The van der Waals surface area contributed by atoms with Gasteiger partial charge in [-0.15, -0.1) is 11.8 Å². The zero-order valence-corrected chi connectivity index (χ0v) is 19.1. The highest BCUT2D eigenvalue weighted by atomic mass is 32.2. The Morgan fingerprint density at radius 2 is 2.03 bits per heavy atom. The van der Waals surface area contributed by atoms with E-state index >= 15 is 0 Å². The van der Waals surface area contributed by atoms with E-state index < -0.39 is 22.6 Å². The molecule has 1 unspecified atom stereocenters. The molecule has 2 saturated heterocycles. The Balaban J connectivity index is 1.80. The summed E-state index contributed by atoms with van der Waals surface area (Å²) in [5, 5.41) is 9.19. The number of ether oxygens (including phenoxy) is 1. The fourth-order valence-electron chi connectivity index (χ4n) is 5.38. The number of carbonyl (C=O) groups excluding carboxylic acids is 3. The molecule has 0 radical (unpaired) electrons. The van der Waals surface area contributed by atoms with Crippen LogP contribution in [-0.4, -0.2) is 81.1 Å². The van der Waals surface area contributed by atoms with E-state index in [0.717, 1.165) is 19.3 Å². The second-order valence-corrected chi connectivity index (χ2v) is 10.5. The van der Waals surface area contributed by atoms with E-state index in [9.17, 15) is 19.5 Å². The van der Waals surface area contributed by atoms with Crippen molar-refractivity contribution in [3.8, 4) is 0 Å². The number of aliphatic hydroxyl groups is 1. The van der Waals surface area contributed by atoms with Gasteiger partial charge in [-0.3, -0.25) is 14.4 Å². The topological polar surface area (TPSA) is 87.2 Å². The van der Waals surface area contributed by atoms with Gasteiger partial charge in [-0.2, -0.15) is 0 Å². The van der Waals surface area contributed by atoms with Crippen LogP contribution in [0.5, 0.6) is 0 Å². The van der Waals surface area contributed by atoms with Crippen molar-refractivity contribution in [1.29, 1.82) is 0 Å². The maximum absolute atomic E-state index is 13.7. The highest BCUT2D eigenvalue weighted by molar-refractivity contribution is 8.02. The molecule has 0 aromatic carbocycles. The number of allylic oxidation sites excluding steroid dienone is 1. The summed E-state index contributed by atoms with van der Waals surface area (Å²) < 4.78 is 4.78. The van der Waals surface area contributed by atoms with Crippen LogP contribution in [0.1, 0.15) is 39.5 Å². The molecular weight excluding hydrogens is 416 g/mol. The van der Waals surface area contributed by atoms with E-state index in [0.29, 0.717) is 26.1 Å². The lowest BCUT2D eigenvalue weighted by Gasteiger charge is -2.36. The summed E-state index contributed by atoms with van der Waals surface area (Å²) in [4.78, 5) is 44.0. The molecule has 4 aliphatic rings. The molecule has 170 valence electrons. The molecule has 7 nitrogen and oxygen atoms in total. The van der Waals surface area contributed by atoms with Gasteiger partial charge < -0.3 is 19.6 Å². The van der Waals surface area contributed by atoms with Crippen molar-refractivity contribution in [3.05, 3.63) is 24.3 Å². The van der Waals surface area contributed by atoms with Gasteiger partial charge >= 0.3 is 5.97 Å². The van der Waals surface area contributed by atoms with Crippen molar-refractivity contribution in [1.82, 2.24) is 9.80 Å². The normalized spacial score (nSPS) is 36.7. The molecule has 4 rings (SSSR count). The molecule has 2 fully saturated rings. The Labute approximate surface area is 187 Å². The first-order chi connectivity index (χ1) is 14.9. The number of nitrogens with zero attached hydrogens (tertiary/aromatic N) is 2. The maximum Gasteiger partial charge on any atom is 0.311 e. The minimum atomic E-state index is -0.806. The fraction of sp³-hybridized carbons (Fsp3) is 0.696. The van der Waals surface area contributed by atoms with Crippen molar-refractivity contribution in [3.63, 3.8) is 0 Å². The van der Waals surface area contributed by atoms with Crippen molar-refractivity contribution in [2.75, 3.05) is 26.3 Å². The standard InChI is InChI=1S/C23H32N2O5S/c1-15(2)24-11-7-10-23-18(20(27)25(12-8-13-26)19(23)21(24)28)17-16(31-23)9-5-3-4-6-14-30-22(17)29/h5,7,9-10,15-19,26H,3-4,6,8,11-14H2,1-2H3/b9-5-/t16-,17+,18+,19?,23+/m1/s1. The Morgan fingerprint density at radius 1 is 1.23 bits per heavy atom. The lowest BCUT2D eigenvalue weighted by molar-refractivity contribution is -0.153. The van der Waals surface area contributed by atoms with Crippen molar-refractivity contribution < 1.29 is 24.2 Å². The van der Waals surface area contributed by atoms with Crippen LogP contribution in [-0.2, 0) is 19.1 Å². The van der Waals surface area contributed by atoms with E-state index in [4.69, 9.17) is 4.74 Å². The van der Waals surface area contributed by atoms with Gasteiger partial charge in [0, 0.05) is 31.0 Å². The molecule has 0 aromatic heterocycles. The first kappa shape index (κ1) is 22.4. The number of thioether (sulfide) groups is 1. The quantitative estimate of drug-likeness (QED) is 0.521. The molecular formula is C23H32N2O5S. The van der Waals surface area contributed by atoms with E-state index in [1.54, 1.807) is 21.6 Å². The number of aliphatic hydroxyl groups excluding tert-OH is 1. The summed E-state index contributed by atoms with van der Waals surface area (Å²) in [6.45, 7) is 5.03. The molecule has 31 heavy (non-hydrogen) atoms. The maximum atomic E-state index is 13.7. The summed E-state index contributed by atoms with van der Waals surface area (Å²) in [6.07, 6.45) is 11.2. The lowest BCUT2D eigenvalue weighted by Crippen LogP contribution is -2.54. The third kappa shape index (κ3) is 3.71. The van der Waals surface area contributed by atoms with Crippen LogP contribution < -0.4 is 0 Å². The number of esters is 1. The van der Waals surface area contributed by atoms with Crippen molar-refractivity contribution in [2.24, 2.45) is 11.8 Å². The van der Waals surface area contributed by atoms with Gasteiger partial charge in [-0.1, -0.05) is 24.3 Å². The Bertz CT molecular complexity index is 797. The monoisotopic (exact) mass is 448 g/mol. The number of likely N-dealkylation sites (tertiary alicyclic amines) is 1. The van der Waals surface area contributed by atoms with Gasteiger partial charge in [0.25, 0.3) is 0 Å². The second-order valence-electron chi connectivity index (χ2n) is 9.03. The number of cyclic esters (lactones) is 1. The van der Waals surface area contributed by atoms with Gasteiger partial charge in [0.05, 0.1) is 23.2 Å². The Hall–Kier alpha value is -1.80. The number of carbonyl (C=O) groups is 3. The minimum Gasteiger partial charge on any atom is -0.465 e. The van der Waals surface area contributed by atoms with Gasteiger partial charge in [0.15, 0.2) is 0 Å². The number of fused-ring (bicyclic) bond motifs is 2. The summed E-state index contributed by atoms with van der Waals surface area (Å²) in [5.74, 6) is -1.86. The molecule has 0 aliphatic carbocycles. The Kier molecular flexibility index (Phi) is 6.49. The Morgan fingerprint density at radius 3 is 2.77 bits per heavy atom. The van der Waals surface area contributed by atoms with Gasteiger partial charge in [0.2, 0.25) is 11.8 Å². The van der Waals surface area contributed by atoms with Crippen LogP contribution in [0.4, 0.5) is 0 Å². The molecule has 1 spiro atoms. The van der Waals surface area contributed by atoms with E-state index in [-0.39, 0.29) is 35.7 Å². The predicted octanol–water partition coefficient (Wildman–Crippen LogP) is 1.76. The van der Waals surface area contributed by atoms with Crippen LogP contribution in [0.25, 0.3) is 0 Å². The van der Waals surface area contributed by atoms with E-state index in [1.807, 2.05) is 32.1 Å². The van der Waals surface area contributed by atoms with Crippen molar-refractivity contribution >= 4 is 29.5 Å². The van der Waals surface area contributed by atoms with Gasteiger partial charge in [-0.05, 0) is 39.5 Å². The molecule has 5 atom stereocenters. The predicted molar refractivity (Wildman–Crippen MR) is 118 cm³/mol. The van der Waals surface area contributed by atoms with Crippen molar-refractivity contribution in [2.45, 2.75) is 61.6 Å². The molecule has 2 amide bonds. The number of rotatable bonds is 4. The van der Waals surface area contributed by atoms with Crippen LogP contribution in [0.3, 0.4) is 0 Å². The SMILES string of the molecule is CC(C)N1CC=C[C@]23S[C@@H]4/C=C\CCCCOC(=O)[C@@H]4[C@H]2C(=O)N(CCCO)C3C1=O. The second kappa shape index (κ2) is 8.98. The lowest BCUT2D eigenvalue weighted by atomic mass is 9.78. The molecule has 1 N–H and O–H groups in total. The minimum absolute atomic E-state index is 0.00175. The number of hydrogen-bond acceptors (Lipinski definition) is 6. The van der Waals surface area contributed by atoms with Crippen LogP contribution in [0, 0.1) is 11.8 Å². The zero-order valence-electron chi connectivity index (χ0n) is 18.2. The van der Waals surface area contributed by atoms with Crippen LogP contribution >= 0.6 is 11.8 Å². The molecule has 4 heterocycles. The molecule has 0 bridgehead atoms. The summed E-state index contributed by atoms with van der Waals surface area (Å²) in [7, 11) is 0. The van der Waals surface area contributed by atoms with E-state index in [2.05, 4.69) is 6.08 Å².